The maximum Gasteiger partial charge on any atom is 0.230 e. The van der Waals surface area contributed by atoms with E-state index in [4.69, 9.17) is 11.6 Å². The van der Waals surface area contributed by atoms with Gasteiger partial charge in [-0.1, -0.05) is 43.6 Å². The van der Waals surface area contributed by atoms with Crippen LogP contribution < -0.4 is 10.6 Å². The van der Waals surface area contributed by atoms with Gasteiger partial charge in [-0.25, -0.2) is 4.39 Å². The Labute approximate surface area is 152 Å². The lowest BCUT2D eigenvalue weighted by Gasteiger charge is -2.25. The van der Waals surface area contributed by atoms with Gasteiger partial charge in [0.25, 0.3) is 0 Å². The third-order valence-electron chi connectivity index (χ3n) is 4.61. The lowest BCUT2D eigenvalue weighted by atomic mass is 9.84. The van der Waals surface area contributed by atoms with Crippen LogP contribution in [0.5, 0.6) is 0 Å². The third kappa shape index (κ3) is 4.02. The minimum absolute atomic E-state index is 0.208. The van der Waals surface area contributed by atoms with E-state index in [1.807, 2.05) is 38.1 Å². The molecule has 0 aliphatic carbocycles. The van der Waals surface area contributed by atoms with Gasteiger partial charge >= 0.3 is 0 Å². The normalized spacial score (nSPS) is 14.1. The second-order valence-corrected chi connectivity index (χ2v) is 7.57. The summed E-state index contributed by atoms with van der Waals surface area (Å²) in [6.45, 7) is 5.12. The van der Waals surface area contributed by atoms with Crippen molar-refractivity contribution in [1.29, 1.82) is 0 Å². The Morgan fingerprint density at radius 3 is 2.88 bits per heavy atom. The lowest BCUT2D eigenvalue weighted by molar-refractivity contribution is -0.123. The van der Waals surface area contributed by atoms with Gasteiger partial charge in [-0.3, -0.25) is 4.79 Å². The number of rotatable bonds is 4. The summed E-state index contributed by atoms with van der Waals surface area (Å²) in [5.74, 6) is -0.522. The predicted molar refractivity (Wildman–Crippen MR) is 99.4 cm³/mol. The summed E-state index contributed by atoms with van der Waals surface area (Å²) >= 11 is 6.02. The van der Waals surface area contributed by atoms with Crippen molar-refractivity contribution in [2.24, 2.45) is 5.41 Å². The van der Waals surface area contributed by atoms with Crippen LogP contribution in [0.15, 0.2) is 36.4 Å². The summed E-state index contributed by atoms with van der Waals surface area (Å²) in [6.07, 6.45) is 1.16. The molecule has 1 heterocycles. The molecule has 0 saturated heterocycles. The van der Waals surface area contributed by atoms with E-state index in [-0.39, 0.29) is 17.4 Å². The maximum atomic E-state index is 14.7. The molecule has 0 bridgehead atoms. The van der Waals surface area contributed by atoms with Crippen LogP contribution in [0, 0.1) is 11.2 Å². The molecule has 1 aliphatic heterocycles. The molecule has 2 aromatic carbocycles. The SMILES string of the molecule is CC(C)(Cc1cccc(Cl)c1)C(=O)Nc1ccc2c(c1F)CCNC2. The molecule has 0 atom stereocenters. The van der Waals surface area contributed by atoms with Crippen molar-refractivity contribution < 1.29 is 9.18 Å². The van der Waals surface area contributed by atoms with Crippen LogP contribution in [0.2, 0.25) is 5.02 Å². The number of anilines is 1. The predicted octanol–water partition coefficient (Wildman–Crippen LogP) is 4.33. The molecule has 5 heteroatoms. The topological polar surface area (TPSA) is 41.1 Å². The second-order valence-electron chi connectivity index (χ2n) is 7.14. The van der Waals surface area contributed by atoms with Crippen molar-refractivity contribution in [3.63, 3.8) is 0 Å². The second kappa shape index (κ2) is 7.14. The van der Waals surface area contributed by atoms with E-state index in [2.05, 4.69) is 10.6 Å². The number of fused-ring (bicyclic) bond motifs is 1. The molecular weight excluding hydrogens is 339 g/mol. The Kier molecular flexibility index (Phi) is 5.11. The number of carbonyl (C=O) groups excluding carboxylic acids is 1. The molecule has 25 heavy (non-hydrogen) atoms. The fourth-order valence-corrected chi connectivity index (χ4v) is 3.37. The summed E-state index contributed by atoms with van der Waals surface area (Å²) in [5.41, 5.74) is 2.20. The van der Waals surface area contributed by atoms with Crippen LogP contribution in [0.4, 0.5) is 10.1 Å². The van der Waals surface area contributed by atoms with Gasteiger partial charge in [-0.05, 0) is 54.3 Å². The van der Waals surface area contributed by atoms with Crippen molar-refractivity contribution in [3.05, 3.63) is 63.9 Å². The van der Waals surface area contributed by atoms with Crippen LogP contribution in [-0.4, -0.2) is 12.5 Å². The summed E-state index contributed by atoms with van der Waals surface area (Å²) in [7, 11) is 0. The summed E-state index contributed by atoms with van der Waals surface area (Å²) in [4.78, 5) is 12.7. The Hall–Kier alpha value is -1.91. The van der Waals surface area contributed by atoms with Crippen LogP contribution >= 0.6 is 11.6 Å². The van der Waals surface area contributed by atoms with Gasteiger partial charge in [0.05, 0.1) is 5.69 Å². The summed E-state index contributed by atoms with van der Waals surface area (Å²) < 4.78 is 14.7. The van der Waals surface area contributed by atoms with Gasteiger partial charge in [0.2, 0.25) is 5.91 Å². The van der Waals surface area contributed by atoms with Crippen molar-refractivity contribution in [2.45, 2.75) is 33.2 Å². The molecule has 2 N–H and O–H groups in total. The zero-order valence-electron chi connectivity index (χ0n) is 14.5. The Morgan fingerprint density at radius 1 is 1.32 bits per heavy atom. The fraction of sp³-hybridized carbons (Fsp3) is 0.350. The van der Waals surface area contributed by atoms with Crippen molar-refractivity contribution in [1.82, 2.24) is 5.32 Å². The molecule has 0 saturated carbocycles. The first-order chi connectivity index (χ1) is 11.9. The van der Waals surface area contributed by atoms with E-state index in [1.54, 1.807) is 12.1 Å². The first kappa shape index (κ1) is 17.9. The smallest absolute Gasteiger partial charge is 0.230 e. The number of benzene rings is 2. The number of carbonyl (C=O) groups is 1. The number of halogens is 2. The molecule has 0 radical (unpaired) electrons. The molecule has 1 aliphatic rings. The van der Waals surface area contributed by atoms with Gasteiger partial charge in [0, 0.05) is 17.0 Å². The molecule has 2 aromatic rings. The van der Waals surface area contributed by atoms with Gasteiger partial charge in [-0.2, -0.15) is 0 Å². The largest absolute Gasteiger partial charge is 0.323 e. The van der Waals surface area contributed by atoms with Crippen LogP contribution in [0.3, 0.4) is 0 Å². The highest BCUT2D eigenvalue weighted by atomic mass is 35.5. The highest BCUT2D eigenvalue weighted by Crippen LogP contribution is 2.28. The van der Waals surface area contributed by atoms with E-state index < -0.39 is 5.41 Å². The van der Waals surface area contributed by atoms with E-state index in [0.29, 0.717) is 30.0 Å². The zero-order valence-corrected chi connectivity index (χ0v) is 15.2. The summed E-state index contributed by atoms with van der Waals surface area (Å²) in [6, 6.07) is 11.0. The molecule has 0 fully saturated rings. The number of hydrogen-bond donors (Lipinski definition) is 2. The van der Waals surface area contributed by atoms with Crippen LogP contribution in [0.25, 0.3) is 0 Å². The number of nitrogens with one attached hydrogen (secondary N) is 2. The van der Waals surface area contributed by atoms with E-state index in [0.717, 1.165) is 17.7 Å². The average Bonchev–Trinajstić information content (AvgIpc) is 2.57. The molecule has 132 valence electrons. The van der Waals surface area contributed by atoms with Crippen molar-refractivity contribution >= 4 is 23.2 Å². The molecule has 3 nitrogen and oxygen atoms in total. The van der Waals surface area contributed by atoms with Gasteiger partial charge in [0.1, 0.15) is 5.82 Å². The molecule has 0 unspecified atom stereocenters. The Morgan fingerprint density at radius 2 is 2.12 bits per heavy atom. The quantitative estimate of drug-likeness (QED) is 0.852. The van der Waals surface area contributed by atoms with E-state index in [9.17, 15) is 9.18 Å². The first-order valence-corrected chi connectivity index (χ1v) is 8.81. The standard InChI is InChI=1S/C20H22ClFN2O/c1-20(2,11-13-4-3-5-15(21)10-13)19(25)24-17-7-6-14-12-23-9-8-16(14)18(17)22/h3-7,10,23H,8-9,11-12H2,1-2H3,(H,24,25). The third-order valence-corrected chi connectivity index (χ3v) is 4.84. The highest BCUT2D eigenvalue weighted by Gasteiger charge is 2.29. The Balaban J connectivity index is 1.77. The lowest BCUT2D eigenvalue weighted by Crippen LogP contribution is -2.33. The van der Waals surface area contributed by atoms with Crippen molar-refractivity contribution in [3.8, 4) is 0 Å². The molecular formula is C20H22ClFN2O. The molecule has 3 rings (SSSR count). The molecule has 0 spiro atoms. The fourth-order valence-electron chi connectivity index (χ4n) is 3.16. The number of amides is 1. The highest BCUT2D eigenvalue weighted by molar-refractivity contribution is 6.30. The molecule has 1 amide bonds. The van der Waals surface area contributed by atoms with Crippen LogP contribution in [0.1, 0.15) is 30.5 Å². The minimum atomic E-state index is -0.686. The van der Waals surface area contributed by atoms with Gasteiger partial charge in [0.15, 0.2) is 0 Å². The van der Waals surface area contributed by atoms with Crippen molar-refractivity contribution in [2.75, 3.05) is 11.9 Å². The Bertz CT molecular complexity index is 804. The first-order valence-electron chi connectivity index (χ1n) is 8.44. The number of hydrogen-bond acceptors (Lipinski definition) is 2. The van der Waals surface area contributed by atoms with Crippen LogP contribution in [-0.2, 0) is 24.2 Å². The van der Waals surface area contributed by atoms with Gasteiger partial charge < -0.3 is 10.6 Å². The van der Waals surface area contributed by atoms with Gasteiger partial charge in [-0.15, -0.1) is 0 Å². The van der Waals surface area contributed by atoms with E-state index in [1.165, 1.54) is 0 Å². The molecule has 0 aromatic heterocycles. The average molecular weight is 361 g/mol. The summed E-state index contributed by atoms with van der Waals surface area (Å²) in [5, 5.41) is 6.63. The zero-order chi connectivity index (χ0) is 18.0. The minimum Gasteiger partial charge on any atom is -0.323 e. The monoisotopic (exact) mass is 360 g/mol. The van der Waals surface area contributed by atoms with E-state index >= 15 is 0 Å². The maximum absolute atomic E-state index is 14.7.